The van der Waals surface area contributed by atoms with Crippen molar-refractivity contribution in [3.05, 3.63) is 35.9 Å². The van der Waals surface area contributed by atoms with E-state index in [2.05, 4.69) is 15.9 Å². The summed E-state index contributed by atoms with van der Waals surface area (Å²) in [6.07, 6.45) is 0. The lowest BCUT2D eigenvalue weighted by molar-refractivity contribution is -0.151. The van der Waals surface area contributed by atoms with Gasteiger partial charge >= 0.3 is 5.97 Å². The van der Waals surface area contributed by atoms with Crippen molar-refractivity contribution in [2.75, 3.05) is 6.61 Å². The molecule has 1 aliphatic carbocycles. The number of benzene rings is 1. The fraction of sp³-hybridized carbons (Fsp3) is 0.400. The number of hydrogen-bond donors (Lipinski definition) is 0. The zero-order chi connectivity index (χ0) is 15.2. The minimum absolute atomic E-state index is 0.234. The summed E-state index contributed by atoms with van der Waals surface area (Å²) in [4.78, 5) is 37.8. The molecule has 1 aromatic rings. The molecule has 1 aromatic carbocycles. The Morgan fingerprint density at radius 2 is 2.00 bits per heavy atom. The second-order valence-electron chi connectivity index (χ2n) is 5.19. The number of rotatable bonds is 4. The van der Waals surface area contributed by atoms with Crippen molar-refractivity contribution in [2.24, 2.45) is 11.8 Å². The Balaban J connectivity index is 1.77. The summed E-state index contributed by atoms with van der Waals surface area (Å²) < 4.78 is 3.83. The zero-order valence-electron chi connectivity index (χ0n) is 11.4. The number of ether oxygens (including phenoxy) is 1. The van der Waals surface area contributed by atoms with Crippen LogP contribution in [0.2, 0.25) is 0 Å². The molecular weight excluding hydrogens is 338 g/mol. The van der Waals surface area contributed by atoms with Crippen LogP contribution in [0.25, 0.3) is 0 Å². The van der Waals surface area contributed by atoms with Gasteiger partial charge in [-0.05, 0) is 12.5 Å². The van der Waals surface area contributed by atoms with Crippen LogP contribution in [0, 0.1) is 11.8 Å². The van der Waals surface area contributed by atoms with Gasteiger partial charge in [-0.15, -0.1) is 0 Å². The number of alkyl halides is 1. The lowest BCUT2D eigenvalue weighted by Gasteiger charge is -2.19. The number of imide groups is 1. The van der Waals surface area contributed by atoms with Crippen molar-refractivity contribution in [1.82, 2.24) is 4.90 Å². The second-order valence-corrected chi connectivity index (χ2v) is 6.50. The molecular formula is C15H14BrNO4. The van der Waals surface area contributed by atoms with E-state index in [0.717, 1.165) is 5.56 Å². The third-order valence-corrected chi connectivity index (χ3v) is 5.28. The second kappa shape index (κ2) is 4.94. The number of nitrogens with zero attached hydrogens (tertiary/aromatic N) is 1. The normalized spacial score (nSPS) is 30.3. The van der Waals surface area contributed by atoms with Crippen LogP contribution in [0.4, 0.5) is 0 Å². The smallest absolute Gasteiger partial charge is 0.311 e. The third-order valence-electron chi connectivity index (χ3n) is 3.96. The third kappa shape index (κ3) is 2.00. The Hall–Kier alpha value is -1.69. The van der Waals surface area contributed by atoms with Crippen LogP contribution in [0.5, 0.6) is 0 Å². The molecule has 3 unspecified atom stereocenters. The molecule has 3 rings (SSSR count). The van der Waals surface area contributed by atoms with Crippen LogP contribution >= 0.6 is 15.9 Å². The molecule has 6 heteroatoms. The van der Waals surface area contributed by atoms with Crippen LogP contribution in [0.3, 0.4) is 0 Å². The molecule has 2 aliphatic rings. The molecule has 1 aliphatic heterocycles. The summed E-state index contributed by atoms with van der Waals surface area (Å²) in [5.74, 6) is -2.46. The summed E-state index contributed by atoms with van der Waals surface area (Å²) in [6.45, 7) is 2.17. The Kier molecular flexibility index (Phi) is 3.36. The molecule has 0 radical (unpaired) electrons. The lowest BCUT2D eigenvalue weighted by atomic mass is 10.2. The van der Waals surface area contributed by atoms with Gasteiger partial charge in [0.05, 0.1) is 25.0 Å². The summed E-state index contributed by atoms with van der Waals surface area (Å²) in [7, 11) is 0. The molecule has 3 atom stereocenters. The van der Waals surface area contributed by atoms with Crippen molar-refractivity contribution in [1.29, 1.82) is 0 Å². The number of halogens is 1. The highest BCUT2D eigenvalue weighted by Gasteiger charge is 2.81. The van der Waals surface area contributed by atoms with Crippen LogP contribution in [0.1, 0.15) is 12.5 Å². The molecule has 0 bridgehead atoms. The Morgan fingerprint density at radius 1 is 1.33 bits per heavy atom. The number of fused-ring (bicyclic) bond motifs is 1. The predicted octanol–water partition coefficient (Wildman–Crippen LogP) is 1.50. The SMILES string of the molecule is CCOC(=O)C1C2C(=O)N(Cc3ccccc3)C(=O)C12Br. The van der Waals surface area contributed by atoms with Crippen molar-refractivity contribution < 1.29 is 19.1 Å². The van der Waals surface area contributed by atoms with Gasteiger partial charge in [-0.1, -0.05) is 46.3 Å². The van der Waals surface area contributed by atoms with E-state index in [-0.39, 0.29) is 25.0 Å². The van der Waals surface area contributed by atoms with E-state index in [1.54, 1.807) is 6.92 Å². The predicted molar refractivity (Wildman–Crippen MR) is 77.3 cm³/mol. The fourth-order valence-corrected chi connectivity index (χ4v) is 3.87. The molecule has 5 nitrogen and oxygen atoms in total. The molecule has 2 amide bonds. The first kappa shape index (κ1) is 14.3. The van der Waals surface area contributed by atoms with Crippen molar-refractivity contribution in [3.63, 3.8) is 0 Å². The fourth-order valence-electron chi connectivity index (χ4n) is 2.88. The molecule has 1 saturated carbocycles. The lowest BCUT2D eigenvalue weighted by Crippen LogP contribution is -2.38. The quantitative estimate of drug-likeness (QED) is 0.468. The van der Waals surface area contributed by atoms with E-state index in [1.807, 2.05) is 30.3 Å². The highest BCUT2D eigenvalue weighted by atomic mass is 79.9. The zero-order valence-corrected chi connectivity index (χ0v) is 13.0. The van der Waals surface area contributed by atoms with Gasteiger partial charge in [0.25, 0.3) is 0 Å². The van der Waals surface area contributed by atoms with Gasteiger partial charge in [-0.25, -0.2) is 0 Å². The molecule has 110 valence electrons. The van der Waals surface area contributed by atoms with Gasteiger partial charge in [-0.3, -0.25) is 19.3 Å². The standard InChI is InChI=1S/C15H14BrNO4/c1-2-21-13(19)11-10-12(18)17(14(20)15(10,11)16)8-9-6-4-3-5-7-9/h3-7,10-11H,2,8H2,1H3. The first-order valence-electron chi connectivity index (χ1n) is 6.77. The molecule has 0 N–H and O–H groups in total. The van der Waals surface area contributed by atoms with E-state index in [4.69, 9.17) is 4.74 Å². The minimum atomic E-state index is -1.09. The number of piperidine rings is 1. The van der Waals surface area contributed by atoms with Crippen molar-refractivity contribution >= 4 is 33.7 Å². The minimum Gasteiger partial charge on any atom is -0.466 e. The van der Waals surface area contributed by atoms with Crippen molar-refractivity contribution in [2.45, 2.75) is 17.8 Å². The summed E-state index contributed by atoms with van der Waals surface area (Å²) in [6, 6.07) is 9.29. The summed E-state index contributed by atoms with van der Waals surface area (Å²) in [5, 5.41) is 0. The Morgan fingerprint density at radius 3 is 2.52 bits per heavy atom. The maximum atomic E-state index is 12.5. The van der Waals surface area contributed by atoms with Crippen LogP contribution in [0.15, 0.2) is 30.3 Å². The van der Waals surface area contributed by atoms with E-state index >= 15 is 0 Å². The maximum Gasteiger partial charge on any atom is 0.311 e. The Bertz CT molecular complexity index is 617. The van der Waals surface area contributed by atoms with Gasteiger partial charge in [0.2, 0.25) is 11.8 Å². The first-order valence-corrected chi connectivity index (χ1v) is 7.56. The number of likely N-dealkylation sites (tertiary alicyclic amines) is 1. The number of esters is 1. The molecule has 1 heterocycles. The highest BCUT2D eigenvalue weighted by Crippen LogP contribution is 2.63. The van der Waals surface area contributed by atoms with Crippen LogP contribution in [-0.4, -0.2) is 33.6 Å². The van der Waals surface area contributed by atoms with Gasteiger partial charge in [0.1, 0.15) is 4.32 Å². The summed E-state index contributed by atoms with van der Waals surface area (Å²) in [5.41, 5.74) is 0.879. The molecule has 1 saturated heterocycles. The number of amides is 2. The van der Waals surface area contributed by atoms with E-state index < -0.39 is 22.1 Å². The highest BCUT2D eigenvalue weighted by molar-refractivity contribution is 9.10. The molecule has 21 heavy (non-hydrogen) atoms. The maximum absolute atomic E-state index is 12.5. The van der Waals surface area contributed by atoms with Gasteiger partial charge in [-0.2, -0.15) is 0 Å². The van der Waals surface area contributed by atoms with Gasteiger partial charge in [0, 0.05) is 0 Å². The van der Waals surface area contributed by atoms with Crippen molar-refractivity contribution in [3.8, 4) is 0 Å². The van der Waals surface area contributed by atoms with Gasteiger partial charge in [0.15, 0.2) is 0 Å². The van der Waals surface area contributed by atoms with Gasteiger partial charge < -0.3 is 4.74 Å². The number of carbonyl (C=O) groups excluding carboxylic acids is 3. The average molecular weight is 352 g/mol. The monoisotopic (exact) mass is 351 g/mol. The number of carbonyl (C=O) groups is 3. The van der Waals surface area contributed by atoms with E-state index in [0.29, 0.717) is 0 Å². The molecule has 2 fully saturated rings. The van der Waals surface area contributed by atoms with Crippen LogP contribution < -0.4 is 0 Å². The first-order chi connectivity index (χ1) is 10.0. The number of hydrogen-bond acceptors (Lipinski definition) is 4. The summed E-state index contributed by atoms with van der Waals surface area (Å²) >= 11 is 3.30. The molecule has 0 aromatic heterocycles. The average Bonchev–Trinajstić information content (AvgIpc) is 3.07. The van der Waals surface area contributed by atoms with E-state index in [9.17, 15) is 14.4 Å². The van der Waals surface area contributed by atoms with E-state index in [1.165, 1.54) is 4.90 Å². The molecule has 0 spiro atoms. The van der Waals surface area contributed by atoms with Crippen LogP contribution in [-0.2, 0) is 25.7 Å². The topological polar surface area (TPSA) is 63.7 Å². The Labute approximate surface area is 130 Å². The largest absolute Gasteiger partial charge is 0.466 e.